The third-order valence-electron chi connectivity index (χ3n) is 6.92. The van der Waals surface area contributed by atoms with Gasteiger partial charge in [-0.3, -0.25) is 4.57 Å². The lowest BCUT2D eigenvalue weighted by molar-refractivity contribution is -0.0555. The molecule has 2 atom stereocenters. The molecule has 0 bridgehead atoms. The highest BCUT2D eigenvalue weighted by Crippen LogP contribution is 2.40. The Balaban J connectivity index is 1.71. The Morgan fingerprint density at radius 1 is 1.12 bits per heavy atom. The van der Waals surface area contributed by atoms with Gasteiger partial charge >= 0.3 is 12.1 Å². The summed E-state index contributed by atoms with van der Waals surface area (Å²) in [5, 5.41) is 2.76. The summed E-state index contributed by atoms with van der Waals surface area (Å²) in [5.41, 5.74) is 6.26. The minimum absolute atomic E-state index is 0.285. The minimum Gasteiger partial charge on any atom is -0.495 e. The van der Waals surface area contributed by atoms with E-state index in [0.717, 1.165) is 16.5 Å². The molecule has 3 aromatic rings. The van der Waals surface area contributed by atoms with E-state index in [-0.39, 0.29) is 12.1 Å². The number of benzene rings is 2. The number of nitrogens with one attached hydrogen (secondary N) is 1. The van der Waals surface area contributed by atoms with Gasteiger partial charge in [0, 0.05) is 18.1 Å². The molecule has 1 aliphatic rings. The van der Waals surface area contributed by atoms with E-state index in [1.165, 1.54) is 11.7 Å². The number of carbonyl (C=O) groups is 2. The second-order valence-electron chi connectivity index (χ2n) is 11.0. The highest BCUT2D eigenvalue weighted by molar-refractivity contribution is 6.01. The van der Waals surface area contributed by atoms with Crippen molar-refractivity contribution in [3.05, 3.63) is 59.3 Å². The average Bonchev–Trinajstić information content (AvgIpc) is 3.39. The number of ether oxygens (including phenoxy) is 4. The van der Waals surface area contributed by atoms with Crippen LogP contribution in [-0.4, -0.2) is 67.1 Å². The second kappa shape index (κ2) is 12.4. The van der Waals surface area contributed by atoms with Gasteiger partial charge in [0.1, 0.15) is 23.6 Å². The second-order valence-corrected chi connectivity index (χ2v) is 11.0. The summed E-state index contributed by atoms with van der Waals surface area (Å²) >= 11 is 0. The van der Waals surface area contributed by atoms with Crippen LogP contribution in [0.15, 0.2) is 42.6 Å². The largest absolute Gasteiger partial charge is 0.495 e. The molecule has 1 aromatic heterocycles. The Morgan fingerprint density at radius 3 is 2.44 bits per heavy atom. The fourth-order valence-corrected chi connectivity index (χ4v) is 5.09. The SMILES string of the molecule is COC(=O)c1ccc([C@@H]2C[C@@H](OCC(F)F)CCN2Nc2c(OC)cc(C)c3c2ccn3C(=O)OC(C)(C)C)cc1. The van der Waals surface area contributed by atoms with Crippen molar-refractivity contribution in [1.29, 1.82) is 0 Å². The Kier molecular flexibility index (Phi) is 9.18. The molecule has 1 N–H and O–H groups in total. The van der Waals surface area contributed by atoms with Gasteiger partial charge in [-0.25, -0.2) is 23.4 Å². The van der Waals surface area contributed by atoms with Gasteiger partial charge in [-0.15, -0.1) is 0 Å². The van der Waals surface area contributed by atoms with Crippen LogP contribution in [0.4, 0.5) is 19.3 Å². The third kappa shape index (κ3) is 6.97. The van der Waals surface area contributed by atoms with Crippen molar-refractivity contribution >= 4 is 28.7 Å². The molecule has 222 valence electrons. The molecule has 0 amide bonds. The lowest BCUT2D eigenvalue weighted by Gasteiger charge is -2.40. The van der Waals surface area contributed by atoms with Gasteiger partial charge in [0.25, 0.3) is 6.43 Å². The summed E-state index contributed by atoms with van der Waals surface area (Å²) in [6.07, 6.45) is -0.792. The molecule has 0 unspecified atom stereocenters. The number of alkyl halides is 2. The molecule has 2 aromatic carbocycles. The molecular formula is C30H37F2N3O6. The summed E-state index contributed by atoms with van der Waals surface area (Å²) in [5.74, 6) is 0.127. The zero-order valence-electron chi connectivity index (χ0n) is 24.2. The number of fused-ring (bicyclic) bond motifs is 1. The number of carbonyl (C=O) groups excluding carboxylic acids is 2. The fraction of sp³-hybridized carbons (Fsp3) is 0.467. The number of esters is 1. The Hall–Kier alpha value is -3.70. The molecule has 1 fully saturated rings. The first-order valence-corrected chi connectivity index (χ1v) is 13.4. The number of halogens is 2. The number of nitrogens with zero attached hydrogens (tertiary/aromatic N) is 2. The van der Waals surface area contributed by atoms with Crippen molar-refractivity contribution in [2.45, 2.75) is 64.7 Å². The molecule has 2 heterocycles. The van der Waals surface area contributed by atoms with Crippen molar-refractivity contribution in [2.75, 3.05) is 32.8 Å². The number of methoxy groups -OCH3 is 2. The molecule has 4 rings (SSSR count). The van der Waals surface area contributed by atoms with E-state index >= 15 is 0 Å². The first kappa shape index (κ1) is 30.3. The van der Waals surface area contributed by atoms with Gasteiger partial charge in [-0.1, -0.05) is 12.1 Å². The third-order valence-corrected chi connectivity index (χ3v) is 6.92. The fourth-order valence-electron chi connectivity index (χ4n) is 5.09. The normalized spacial score (nSPS) is 18.0. The lowest BCUT2D eigenvalue weighted by Crippen LogP contribution is -2.43. The maximum absolute atomic E-state index is 13.0. The van der Waals surface area contributed by atoms with Crippen LogP contribution in [0.2, 0.25) is 0 Å². The molecule has 1 aliphatic heterocycles. The summed E-state index contributed by atoms with van der Waals surface area (Å²) < 4.78 is 49.0. The van der Waals surface area contributed by atoms with E-state index in [1.807, 2.05) is 57.0 Å². The summed E-state index contributed by atoms with van der Waals surface area (Å²) in [6.45, 7) is 7.18. The highest BCUT2D eigenvalue weighted by Gasteiger charge is 2.32. The zero-order chi connectivity index (χ0) is 29.9. The van der Waals surface area contributed by atoms with Crippen molar-refractivity contribution < 1.29 is 37.3 Å². The standard InChI is InChI=1S/C30H37F2N3O6/c1-18-15-24(38-5)26(22-12-13-34(27(18)22)29(37)41-30(2,3)4)33-35-14-11-21(40-17-25(31)32)16-23(35)19-7-9-20(10-8-19)28(36)39-6/h7-10,12-13,15,21,23,25,33H,11,14,16-17H2,1-6H3/t21-,23-/m0/s1. The van der Waals surface area contributed by atoms with Gasteiger partial charge in [-0.2, -0.15) is 0 Å². The first-order chi connectivity index (χ1) is 19.4. The van der Waals surface area contributed by atoms with E-state index in [1.54, 1.807) is 25.4 Å². The number of aromatic nitrogens is 1. The van der Waals surface area contributed by atoms with Crippen LogP contribution in [0.1, 0.15) is 61.1 Å². The predicted molar refractivity (Wildman–Crippen MR) is 151 cm³/mol. The topological polar surface area (TPSA) is 91.3 Å². The number of anilines is 1. The van der Waals surface area contributed by atoms with E-state index in [9.17, 15) is 18.4 Å². The number of aryl methyl sites for hydroxylation is 1. The van der Waals surface area contributed by atoms with Gasteiger partial charge < -0.3 is 24.4 Å². The quantitative estimate of drug-likeness (QED) is 0.312. The number of hydrazine groups is 1. The maximum Gasteiger partial charge on any atom is 0.419 e. The van der Waals surface area contributed by atoms with Crippen molar-refractivity contribution in [1.82, 2.24) is 9.58 Å². The Bertz CT molecular complexity index is 1380. The van der Waals surface area contributed by atoms with E-state index in [0.29, 0.717) is 41.9 Å². The number of hydrogen-bond acceptors (Lipinski definition) is 8. The molecule has 0 aliphatic carbocycles. The average molecular weight is 574 g/mol. The Labute approximate surface area is 238 Å². The number of piperidine rings is 1. The molecule has 11 heteroatoms. The summed E-state index contributed by atoms with van der Waals surface area (Å²) in [7, 11) is 2.89. The highest BCUT2D eigenvalue weighted by atomic mass is 19.3. The van der Waals surface area contributed by atoms with Crippen molar-refractivity contribution in [2.24, 2.45) is 0 Å². The minimum atomic E-state index is -2.55. The smallest absolute Gasteiger partial charge is 0.419 e. The summed E-state index contributed by atoms with van der Waals surface area (Å²) in [6, 6.07) is 10.4. The predicted octanol–water partition coefficient (Wildman–Crippen LogP) is 6.34. The molecule has 0 radical (unpaired) electrons. The van der Waals surface area contributed by atoms with Gasteiger partial charge in [-0.05, 0) is 75.9 Å². The maximum atomic E-state index is 13.0. The van der Waals surface area contributed by atoms with Crippen LogP contribution in [0.3, 0.4) is 0 Å². The van der Waals surface area contributed by atoms with Crippen LogP contribution in [-0.2, 0) is 14.2 Å². The van der Waals surface area contributed by atoms with Gasteiger partial charge in [0.05, 0.1) is 37.4 Å². The van der Waals surface area contributed by atoms with Gasteiger partial charge in [0.2, 0.25) is 0 Å². The molecule has 41 heavy (non-hydrogen) atoms. The molecule has 0 saturated carbocycles. The molecular weight excluding hydrogens is 536 g/mol. The van der Waals surface area contributed by atoms with Crippen molar-refractivity contribution in [3.8, 4) is 5.75 Å². The molecule has 1 saturated heterocycles. The lowest BCUT2D eigenvalue weighted by atomic mass is 9.94. The Morgan fingerprint density at radius 2 is 1.83 bits per heavy atom. The zero-order valence-corrected chi connectivity index (χ0v) is 24.2. The van der Waals surface area contributed by atoms with Crippen LogP contribution in [0.25, 0.3) is 10.9 Å². The van der Waals surface area contributed by atoms with E-state index < -0.39 is 30.7 Å². The van der Waals surface area contributed by atoms with Crippen LogP contribution >= 0.6 is 0 Å². The number of rotatable bonds is 8. The van der Waals surface area contributed by atoms with E-state index in [4.69, 9.17) is 18.9 Å². The van der Waals surface area contributed by atoms with E-state index in [2.05, 4.69) is 5.43 Å². The monoisotopic (exact) mass is 573 g/mol. The number of hydrogen-bond donors (Lipinski definition) is 1. The van der Waals surface area contributed by atoms with Crippen LogP contribution < -0.4 is 10.2 Å². The first-order valence-electron chi connectivity index (χ1n) is 13.4. The van der Waals surface area contributed by atoms with Crippen molar-refractivity contribution in [3.63, 3.8) is 0 Å². The van der Waals surface area contributed by atoms with Crippen LogP contribution in [0, 0.1) is 6.92 Å². The molecule has 0 spiro atoms. The summed E-state index contributed by atoms with van der Waals surface area (Å²) in [4.78, 5) is 25.0. The van der Waals surface area contributed by atoms with Gasteiger partial charge in [0.15, 0.2) is 0 Å². The van der Waals surface area contributed by atoms with Crippen LogP contribution in [0.5, 0.6) is 5.75 Å². The molecule has 9 nitrogen and oxygen atoms in total.